The number of carbonyl (C=O) groups excluding carboxylic acids is 1. The van der Waals surface area contributed by atoms with Crippen LogP contribution in [0.3, 0.4) is 0 Å². The van der Waals surface area contributed by atoms with E-state index in [0.717, 1.165) is 10.6 Å². The van der Waals surface area contributed by atoms with Crippen LogP contribution < -0.4 is 10.1 Å². The molecule has 1 aromatic heterocycles. The fraction of sp³-hybridized carbons (Fsp3) is 0.167. The minimum absolute atomic E-state index is 0.266. The highest BCUT2D eigenvalue weighted by molar-refractivity contribution is 7.15. The number of rotatable bonds is 6. The van der Waals surface area contributed by atoms with Gasteiger partial charge in [0.1, 0.15) is 10.8 Å². The minimum atomic E-state index is -0.266. The number of nitrogens with zero attached hydrogens (tertiary/aromatic N) is 2. The molecule has 0 fully saturated rings. The average molecular weight is 374 g/mol. The molecule has 5 nitrogen and oxygen atoms in total. The molecule has 0 aliphatic carbocycles. The first kappa shape index (κ1) is 17.4. The van der Waals surface area contributed by atoms with Gasteiger partial charge in [0, 0.05) is 11.4 Å². The van der Waals surface area contributed by atoms with Gasteiger partial charge in [-0.1, -0.05) is 47.2 Å². The highest BCUT2D eigenvalue weighted by atomic mass is 35.5. The van der Waals surface area contributed by atoms with E-state index in [-0.39, 0.29) is 5.91 Å². The van der Waals surface area contributed by atoms with Crippen LogP contribution in [-0.2, 0) is 6.42 Å². The van der Waals surface area contributed by atoms with Crippen molar-refractivity contribution in [2.45, 2.75) is 13.3 Å². The van der Waals surface area contributed by atoms with Crippen molar-refractivity contribution in [3.8, 4) is 5.75 Å². The summed E-state index contributed by atoms with van der Waals surface area (Å²) in [6.45, 7) is 2.37. The number of carbonyl (C=O) groups is 1. The van der Waals surface area contributed by atoms with E-state index in [1.54, 1.807) is 18.2 Å². The van der Waals surface area contributed by atoms with Gasteiger partial charge in [-0.25, -0.2) is 0 Å². The van der Waals surface area contributed by atoms with Gasteiger partial charge in [-0.05, 0) is 36.8 Å². The smallest absolute Gasteiger partial charge is 0.261 e. The number of amides is 1. The summed E-state index contributed by atoms with van der Waals surface area (Å²) in [5.41, 5.74) is 1.55. The summed E-state index contributed by atoms with van der Waals surface area (Å²) >= 11 is 7.23. The molecule has 3 rings (SSSR count). The SMILES string of the molecule is CCOc1ccccc1C(=O)Nc1nnc(Cc2ccc(Cl)cc2)s1. The van der Waals surface area contributed by atoms with Crippen LogP contribution in [0.25, 0.3) is 0 Å². The first-order valence-corrected chi connectivity index (χ1v) is 8.95. The molecule has 0 spiro atoms. The Morgan fingerprint density at radius 3 is 2.68 bits per heavy atom. The predicted octanol–water partition coefficient (Wildman–Crippen LogP) is 4.43. The molecule has 1 N–H and O–H groups in total. The predicted molar refractivity (Wildman–Crippen MR) is 99.7 cm³/mol. The summed E-state index contributed by atoms with van der Waals surface area (Å²) in [5.74, 6) is 0.284. The quantitative estimate of drug-likeness (QED) is 0.694. The fourth-order valence-electron chi connectivity index (χ4n) is 2.25. The van der Waals surface area contributed by atoms with Crippen LogP contribution in [0.15, 0.2) is 48.5 Å². The molecule has 25 heavy (non-hydrogen) atoms. The molecule has 0 saturated heterocycles. The van der Waals surface area contributed by atoms with E-state index in [9.17, 15) is 4.79 Å². The maximum Gasteiger partial charge on any atom is 0.261 e. The normalized spacial score (nSPS) is 10.5. The Bertz CT molecular complexity index is 865. The lowest BCUT2D eigenvalue weighted by molar-refractivity contribution is 0.102. The molecule has 2 aromatic carbocycles. The van der Waals surface area contributed by atoms with Crippen molar-refractivity contribution in [2.75, 3.05) is 11.9 Å². The molecule has 0 bridgehead atoms. The van der Waals surface area contributed by atoms with Crippen molar-refractivity contribution in [2.24, 2.45) is 0 Å². The van der Waals surface area contributed by atoms with E-state index in [1.165, 1.54) is 11.3 Å². The van der Waals surface area contributed by atoms with Crippen molar-refractivity contribution in [1.29, 1.82) is 0 Å². The van der Waals surface area contributed by atoms with Gasteiger partial charge in [-0.15, -0.1) is 10.2 Å². The molecule has 0 atom stereocenters. The van der Waals surface area contributed by atoms with Gasteiger partial charge in [0.2, 0.25) is 5.13 Å². The van der Waals surface area contributed by atoms with Crippen LogP contribution in [0.1, 0.15) is 27.9 Å². The van der Waals surface area contributed by atoms with E-state index in [0.29, 0.717) is 34.5 Å². The number of ether oxygens (including phenoxy) is 1. The number of aromatic nitrogens is 2. The monoisotopic (exact) mass is 373 g/mol. The Hall–Kier alpha value is -2.44. The zero-order valence-corrected chi connectivity index (χ0v) is 15.1. The highest BCUT2D eigenvalue weighted by Crippen LogP contribution is 2.23. The zero-order chi connectivity index (χ0) is 17.6. The van der Waals surface area contributed by atoms with Crippen LogP contribution in [0.5, 0.6) is 5.75 Å². The molecular formula is C18H16ClN3O2S. The third-order valence-electron chi connectivity index (χ3n) is 3.39. The van der Waals surface area contributed by atoms with Crippen LogP contribution in [0, 0.1) is 0 Å². The number of anilines is 1. The second-order valence-electron chi connectivity index (χ2n) is 5.19. The van der Waals surface area contributed by atoms with Crippen molar-refractivity contribution in [1.82, 2.24) is 10.2 Å². The molecule has 0 radical (unpaired) electrons. The number of para-hydroxylation sites is 1. The molecule has 0 aliphatic heterocycles. The first-order valence-electron chi connectivity index (χ1n) is 7.75. The average Bonchev–Trinajstić information content (AvgIpc) is 3.04. The Kier molecular flexibility index (Phi) is 5.63. The van der Waals surface area contributed by atoms with Crippen molar-refractivity contribution in [3.63, 3.8) is 0 Å². The number of benzene rings is 2. The summed E-state index contributed by atoms with van der Waals surface area (Å²) < 4.78 is 5.49. The number of halogens is 1. The molecule has 0 unspecified atom stereocenters. The van der Waals surface area contributed by atoms with Crippen LogP contribution in [0.4, 0.5) is 5.13 Å². The lowest BCUT2D eigenvalue weighted by Gasteiger charge is -2.08. The lowest BCUT2D eigenvalue weighted by atomic mass is 10.2. The molecule has 1 heterocycles. The van der Waals surface area contributed by atoms with Crippen LogP contribution in [-0.4, -0.2) is 22.7 Å². The van der Waals surface area contributed by atoms with Gasteiger partial charge in [0.15, 0.2) is 0 Å². The minimum Gasteiger partial charge on any atom is -0.493 e. The van der Waals surface area contributed by atoms with Crippen LogP contribution >= 0.6 is 22.9 Å². The van der Waals surface area contributed by atoms with Gasteiger partial charge in [-0.3, -0.25) is 10.1 Å². The molecular weight excluding hydrogens is 358 g/mol. The lowest BCUT2D eigenvalue weighted by Crippen LogP contribution is -2.13. The van der Waals surface area contributed by atoms with Gasteiger partial charge >= 0.3 is 0 Å². The molecule has 0 aliphatic rings. The Balaban J connectivity index is 1.69. The largest absolute Gasteiger partial charge is 0.493 e. The molecule has 0 saturated carbocycles. The molecule has 3 aromatic rings. The first-order chi connectivity index (χ1) is 12.2. The van der Waals surface area contributed by atoms with Crippen molar-refractivity contribution in [3.05, 3.63) is 69.7 Å². The Morgan fingerprint density at radius 1 is 1.16 bits per heavy atom. The summed E-state index contributed by atoms with van der Waals surface area (Å²) in [6, 6.07) is 14.7. The highest BCUT2D eigenvalue weighted by Gasteiger charge is 2.14. The molecule has 7 heteroatoms. The van der Waals surface area contributed by atoms with Gasteiger partial charge < -0.3 is 4.74 Å². The second-order valence-corrected chi connectivity index (χ2v) is 6.69. The second kappa shape index (κ2) is 8.09. The summed E-state index contributed by atoms with van der Waals surface area (Å²) in [6.07, 6.45) is 0.639. The summed E-state index contributed by atoms with van der Waals surface area (Å²) in [7, 11) is 0. The maximum atomic E-state index is 12.4. The topological polar surface area (TPSA) is 64.1 Å². The third-order valence-corrected chi connectivity index (χ3v) is 4.48. The molecule has 1 amide bonds. The van der Waals surface area contributed by atoms with Crippen LogP contribution in [0.2, 0.25) is 5.02 Å². The van der Waals surface area contributed by atoms with E-state index in [1.807, 2.05) is 37.3 Å². The standard InChI is InChI=1S/C18H16ClN3O2S/c1-2-24-15-6-4-3-5-14(15)17(23)20-18-22-21-16(25-18)11-12-7-9-13(19)10-8-12/h3-10H,2,11H2,1H3,(H,20,22,23). The van der Waals surface area contributed by atoms with Crippen molar-refractivity contribution >= 4 is 34.0 Å². The van der Waals surface area contributed by atoms with Crippen molar-refractivity contribution < 1.29 is 9.53 Å². The number of hydrogen-bond donors (Lipinski definition) is 1. The number of hydrogen-bond acceptors (Lipinski definition) is 5. The summed E-state index contributed by atoms with van der Waals surface area (Å²) in [4.78, 5) is 12.4. The van der Waals surface area contributed by atoms with E-state index >= 15 is 0 Å². The maximum absolute atomic E-state index is 12.4. The Labute approximate surface area is 154 Å². The van der Waals surface area contributed by atoms with Gasteiger partial charge in [0.05, 0.1) is 12.2 Å². The van der Waals surface area contributed by atoms with E-state index in [4.69, 9.17) is 16.3 Å². The zero-order valence-electron chi connectivity index (χ0n) is 13.5. The fourth-order valence-corrected chi connectivity index (χ4v) is 3.15. The van der Waals surface area contributed by atoms with Gasteiger partial charge in [-0.2, -0.15) is 0 Å². The summed E-state index contributed by atoms with van der Waals surface area (Å²) in [5, 5.41) is 12.9. The molecule has 128 valence electrons. The van der Waals surface area contributed by atoms with E-state index < -0.39 is 0 Å². The van der Waals surface area contributed by atoms with E-state index in [2.05, 4.69) is 15.5 Å². The third kappa shape index (κ3) is 4.55. The van der Waals surface area contributed by atoms with Gasteiger partial charge in [0.25, 0.3) is 5.91 Å². The Morgan fingerprint density at radius 2 is 1.92 bits per heavy atom. The number of nitrogens with one attached hydrogen (secondary N) is 1.